The molecule has 2 atom stereocenters. The zero-order valence-corrected chi connectivity index (χ0v) is 16.1. The second kappa shape index (κ2) is 7.74. The minimum Gasteiger partial charge on any atom is -0.333 e. The number of nitrogens with zero attached hydrogens (tertiary/aromatic N) is 2. The summed E-state index contributed by atoms with van der Waals surface area (Å²) in [6, 6.07) is 17.9. The van der Waals surface area contributed by atoms with Crippen molar-refractivity contribution < 1.29 is 9.59 Å². The van der Waals surface area contributed by atoms with Gasteiger partial charge >= 0.3 is 0 Å². The fraction of sp³-hybridized carbons (Fsp3) is 0.333. The standard InChI is InChI=1S/C21H23N3O2S/c1-23-11-12-24(17(14-23)15-7-3-2-4-8-15)20(25)13-19-21(26)22-16-9-5-6-10-18(16)27-19/h2-10,17,19H,11-14H2,1H3,(H,22,26). The Kier molecular flexibility index (Phi) is 5.18. The Morgan fingerprint density at radius 2 is 1.85 bits per heavy atom. The number of carbonyl (C=O) groups excluding carboxylic acids is 2. The van der Waals surface area contributed by atoms with Gasteiger partial charge in [-0.3, -0.25) is 9.59 Å². The highest BCUT2D eigenvalue weighted by molar-refractivity contribution is 8.01. The van der Waals surface area contributed by atoms with Gasteiger partial charge in [0.1, 0.15) is 0 Å². The summed E-state index contributed by atoms with van der Waals surface area (Å²) in [6.45, 7) is 2.34. The van der Waals surface area contributed by atoms with Gasteiger partial charge in [0.25, 0.3) is 0 Å². The van der Waals surface area contributed by atoms with Crippen molar-refractivity contribution in [1.82, 2.24) is 9.80 Å². The number of amides is 2. The van der Waals surface area contributed by atoms with Gasteiger partial charge in [0, 0.05) is 31.0 Å². The van der Waals surface area contributed by atoms with Crippen molar-refractivity contribution in [2.75, 3.05) is 32.0 Å². The number of likely N-dealkylation sites (N-methyl/N-ethyl adjacent to an activating group) is 1. The smallest absolute Gasteiger partial charge is 0.238 e. The molecule has 0 spiro atoms. The molecule has 0 radical (unpaired) electrons. The summed E-state index contributed by atoms with van der Waals surface area (Å²) in [5.74, 6) is -0.0403. The molecule has 0 aliphatic carbocycles. The zero-order chi connectivity index (χ0) is 18.8. The van der Waals surface area contributed by atoms with Crippen molar-refractivity contribution in [1.29, 1.82) is 0 Å². The second-order valence-electron chi connectivity index (χ2n) is 7.07. The molecule has 140 valence electrons. The molecule has 1 N–H and O–H groups in total. The number of thioether (sulfide) groups is 1. The van der Waals surface area contributed by atoms with Gasteiger partial charge in [-0.05, 0) is 24.7 Å². The summed E-state index contributed by atoms with van der Waals surface area (Å²) in [5, 5.41) is 2.54. The van der Waals surface area contributed by atoms with E-state index in [4.69, 9.17) is 0 Å². The fourth-order valence-electron chi connectivity index (χ4n) is 3.68. The lowest BCUT2D eigenvalue weighted by molar-refractivity contribution is -0.137. The first-order valence-electron chi connectivity index (χ1n) is 9.21. The molecule has 0 saturated carbocycles. The van der Waals surface area contributed by atoms with Crippen molar-refractivity contribution in [2.24, 2.45) is 0 Å². The summed E-state index contributed by atoms with van der Waals surface area (Å²) >= 11 is 1.49. The van der Waals surface area contributed by atoms with Crippen LogP contribution in [0, 0.1) is 0 Å². The molecule has 27 heavy (non-hydrogen) atoms. The quantitative estimate of drug-likeness (QED) is 0.888. The molecule has 2 amide bonds. The van der Waals surface area contributed by atoms with E-state index < -0.39 is 0 Å². The van der Waals surface area contributed by atoms with Gasteiger partial charge in [0.05, 0.1) is 17.0 Å². The molecule has 2 heterocycles. The molecule has 2 aliphatic rings. The number of rotatable bonds is 3. The first kappa shape index (κ1) is 18.1. The molecule has 2 unspecified atom stereocenters. The predicted molar refractivity (Wildman–Crippen MR) is 108 cm³/mol. The molecule has 0 bridgehead atoms. The first-order chi connectivity index (χ1) is 13.1. The lowest BCUT2D eigenvalue weighted by Crippen LogP contribution is -2.50. The third kappa shape index (κ3) is 3.87. The molecular formula is C21H23N3O2S. The SMILES string of the molecule is CN1CCN(C(=O)CC2Sc3ccccc3NC2=O)C(c2ccccc2)C1. The average molecular weight is 382 g/mol. The summed E-state index contributed by atoms with van der Waals surface area (Å²) in [6.07, 6.45) is 0.220. The summed E-state index contributed by atoms with van der Waals surface area (Å²) in [5.41, 5.74) is 1.97. The monoisotopic (exact) mass is 381 g/mol. The van der Waals surface area contributed by atoms with Gasteiger partial charge in [-0.25, -0.2) is 0 Å². The van der Waals surface area contributed by atoms with Crippen molar-refractivity contribution in [3.05, 3.63) is 60.2 Å². The molecule has 6 heteroatoms. The number of hydrogen-bond donors (Lipinski definition) is 1. The number of piperazine rings is 1. The highest BCUT2D eigenvalue weighted by Crippen LogP contribution is 2.37. The van der Waals surface area contributed by atoms with E-state index in [1.165, 1.54) is 11.8 Å². The first-order valence-corrected chi connectivity index (χ1v) is 10.1. The van der Waals surface area contributed by atoms with E-state index in [0.717, 1.165) is 29.2 Å². The topological polar surface area (TPSA) is 52.6 Å². The van der Waals surface area contributed by atoms with Crippen LogP contribution in [-0.2, 0) is 9.59 Å². The van der Waals surface area contributed by atoms with Crippen LogP contribution in [0.4, 0.5) is 5.69 Å². The lowest BCUT2D eigenvalue weighted by atomic mass is 10.0. The van der Waals surface area contributed by atoms with Crippen molar-refractivity contribution >= 4 is 29.3 Å². The Morgan fingerprint density at radius 3 is 2.67 bits per heavy atom. The van der Waals surface area contributed by atoms with Crippen LogP contribution < -0.4 is 5.32 Å². The highest BCUT2D eigenvalue weighted by atomic mass is 32.2. The molecule has 2 aromatic carbocycles. The fourth-order valence-corrected chi connectivity index (χ4v) is 4.78. The number of carbonyl (C=O) groups is 2. The average Bonchev–Trinajstić information content (AvgIpc) is 2.69. The highest BCUT2D eigenvalue weighted by Gasteiger charge is 2.34. The molecule has 2 aliphatic heterocycles. The molecule has 2 aromatic rings. The minimum absolute atomic E-state index is 0.0291. The van der Waals surface area contributed by atoms with Gasteiger partial charge in [0.2, 0.25) is 11.8 Å². The number of para-hydroxylation sites is 1. The summed E-state index contributed by atoms with van der Waals surface area (Å²) in [7, 11) is 2.08. The van der Waals surface area contributed by atoms with Gasteiger partial charge in [-0.1, -0.05) is 42.5 Å². The van der Waals surface area contributed by atoms with E-state index in [0.29, 0.717) is 6.54 Å². The van der Waals surface area contributed by atoms with Gasteiger partial charge in [-0.2, -0.15) is 0 Å². The maximum atomic E-state index is 13.1. The van der Waals surface area contributed by atoms with E-state index in [9.17, 15) is 9.59 Å². The van der Waals surface area contributed by atoms with E-state index in [1.807, 2.05) is 47.4 Å². The predicted octanol–water partition coefficient (Wildman–Crippen LogP) is 3.00. The molecule has 4 rings (SSSR count). The normalized spacial score (nSPS) is 22.9. The third-order valence-corrected chi connectivity index (χ3v) is 6.43. The number of anilines is 1. The Morgan fingerprint density at radius 1 is 1.11 bits per heavy atom. The number of nitrogens with one attached hydrogen (secondary N) is 1. The molecular weight excluding hydrogens is 358 g/mol. The Balaban J connectivity index is 1.50. The van der Waals surface area contributed by atoms with Crippen LogP contribution in [0.3, 0.4) is 0 Å². The van der Waals surface area contributed by atoms with E-state index in [-0.39, 0.29) is 29.5 Å². The van der Waals surface area contributed by atoms with Crippen LogP contribution in [0.15, 0.2) is 59.5 Å². The van der Waals surface area contributed by atoms with Crippen molar-refractivity contribution in [3.63, 3.8) is 0 Å². The van der Waals surface area contributed by atoms with Crippen molar-refractivity contribution in [2.45, 2.75) is 22.6 Å². The van der Waals surface area contributed by atoms with E-state index in [2.05, 4.69) is 29.4 Å². The lowest BCUT2D eigenvalue weighted by Gasteiger charge is -2.41. The van der Waals surface area contributed by atoms with Crippen LogP contribution in [0.2, 0.25) is 0 Å². The maximum absolute atomic E-state index is 13.1. The summed E-state index contributed by atoms with van der Waals surface area (Å²) < 4.78 is 0. The van der Waals surface area contributed by atoms with Crippen molar-refractivity contribution in [3.8, 4) is 0 Å². The van der Waals surface area contributed by atoms with Crippen LogP contribution in [0.25, 0.3) is 0 Å². The molecule has 0 aromatic heterocycles. The third-order valence-electron chi connectivity index (χ3n) is 5.15. The molecule has 1 fully saturated rings. The Hall–Kier alpha value is -2.31. The van der Waals surface area contributed by atoms with Gasteiger partial charge in [-0.15, -0.1) is 11.8 Å². The van der Waals surface area contributed by atoms with Crippen LogP contribution in [-0.4, -0.2) is 53.5 Å². The van der Waals surface area contributed by atoms with Gasteiger partial charge < -0.3 is 15.1 Å². The number of hydrogen-bond acceptors (Lipinski definition) is 4. The van der Waals surface area contributed by atoms with Gasteiger partial charge in [0.15, 0.2) is 0 Å². The zero-order valence-electron chi connectivity index (χ0n) is 15.3. The Bertz CT molecular complexity index is 842. The number of fused-ring (bicyclic) bond motifs is 1. The molecule has 1 saturated heterocycles. The molecule has 5 nitrogen and oxygen atoms in total. The largest absolute Gasteiger partial charge is 0.333 e. The van der Waals surface area contributed by atoms with Crippen LogP contribution in [0.5, 0.6) is 0 Å². The van der Waals surface area contributed by atoms with E-state index in [1.54, 1.807) is 0 Å². The van der Waals surface area contributed by atoms with E-state index >= 15 is 0 Å². The van der Waals surface area contributed by atoms with Crippen LogP contribution >= 0.6 is 11.8 Å². The second-order valence-corrected chi connectivity index (χ2v) is 8.32. The number of benzene rings is 2. The maximum Gasteiger partial charge on any atom is 0.238 e. The van der Waals surface area contributed by atoms with Crippen LogP contribution in [0.1, 0.15) is 18.0 Å². The Labute approximate surface area is 163 Å². The minimum atomic E-state index is -0.386. The summed E-state index contributed by atoms with van der Waals surface area (Å²) in [4.78, 5) is 30.8.